The SMILES string of the molecule is CN1CCN(C(=O)c2ccc(Nc3nc(-c4cccc(N5CCc6cc(C7CC7)ccc6C5=O)c4CO)cn(C)c3=O)cc2)CC1. The number of nitrogens with one attached hydrogen (secondary N) is 1. The lowest BCUT2D eigenvalue weighted by Crippen LogP contribution is -2.47. The van der Waals surface area contributed by atoms with Gasteiger partial charge in [-0.1, -0.05) is 24.3 Å². The quantitative estimate of drug-likeness (QED) is 0.320. The van der Waals surface area contributed by atoms with Crippen molar-refractivity contribution in [2.75, 3.05) is 50.0 Å². The molecule has 3 heterocycles. The summed E-state index contributed by atoms with van der Waals surface area (Å²) in [6, 6.07) is 18.8. The second kappa shape index (κ2) is 12.2. The molecule has 2 aliphatic heterocycles. The van der Waals surface area contributed by atoms with Crippen molar-refractivity contribution >= 4 is 29.0 Å². The fraction of sp³-hybridized carbons (Fsp3) is 0.333. The van der Waals surface area contributed by atoms with Gasteiger partial charge in [0, 0.05) is 73.9 Å². The van der Waals surface area contributed by atoms with Gasteiger partial charge in [-0.15, -0.1) is 0 Å². The Morgan fingerprint density at radius 2 is 1.70 bits per heavy atom. The lowest BCUT2D eigenvalue weighted by Gasteiger charge is -2.32. The van der Waals surface area contributed by atoms with E-state index in [0.29, 0.717) is 64.9 Å². The van der Waals surface area contributed by atoms with E-state index in [4.69, 9.17) is 0 Å². The zero-order valence-corrected chi connectivity index (χ0v) is 26.2. The predicted molar refractivity (Wildman–Crippen MR) is 178 cm³/mol. The van der Waals surface area contributed by atoms with Crippen LogP contribution in [0.3, 0.4) is 0 Å². The Hall–Kier alpha value is -4.80. The predicted octanol–water partition coefficient (Wildman–Crippen LogP) is 4.15. The Labute approximate surface area is 267 Å². The van der Waals surface area contributed by atoms with Crippen LogP contribution in [0.1, 0.15) is 56.2 Å². The molecule has 0 unspecified atom stereocenters. The van der Waals surface area contributed by atoms with Crippen molar-refractivity contribution in [1.82, 2.24) is 19.4 Å². The number of aromatic nitrogens is 2. The van der Waals surface area contributed by atoms with Crippen LogP contribution in [-0.4, -0.2) is 76.0 Å². The number of piperazine rings is 1. The van der Waals surface area contributed by atoms with Gasteiger partial charge in [-0.25, -0.2) is 4.98 Å². The van der Waals surface area contributed by atoms with Gasteiger partial charge in [0.15, 0.2) is 5.82 Å². The number of nitrogens with zero attached hydrogens (tertiary/aromatic N) is 5. The summed E-state index contributed by atoms with van der Waals surface area (Å²) in [4.78, 5) is 50.3. The first-order valence-corrected chi connectivity index (χ1v) is 15.9. The number of hydrogen-bond acceptors (Lipinski definition) is 7. The number of rotatable bonds is 7. The summed E-state index contributed by atoms with van der Waals surface area (Å²) in [5, 5.41) is 13.7. The molecule has 0 bridgehead atoms. The summed E-state index contributed by atoms with van der Waals surface area (Å²) in [6.07, 6.45) is 4.80. The summed E-state index contributed by atoms with van der Waals surface area (Å²) in [6.45, 7) is 3.29. The lowest BCUT2D eigenvalue weighted by atomic mass is 9.93. The molecule has 0 spiro atoms. The van der Waals surface area contributed by atoms with Gasteiger partial charge in [-0.3, -0.25) is 14.4 Å². The lowest BCUT2D eigenvalue weighted by molar-refractivity contribution is 0.0664. The molecule has 1 aromatic heterocycles. The van der Waals surface area contributed by atoms with Gasteiger partial charge >= 0.3 is 0 Å². The van der Waals surface area contributed by atoms with Crippen LogP contribution in [-0.2, 0) is 20.1 Å². The molecule has 3 aliphatic rings. The molecular formula is C36H38N6O4. The van der Waals surface area contributed by atoms with E-state index < -0.39 is 0 Å². The maximum Gasteiger partial charge on any atom is 0.293 e. The largest absolute Gasteiger partial charge is 0.392 e. The number of anilines is 3. The van der Waals surface area contributed by atoms with Crippen molar-refractivity contribution in [2.45, 2.75) is 31.8 Å². The Bertz CT molecular complexity index is 1870. The van der Waals surface area contributed by atoms with Gasteiger partial charge in [-0.05, 0) is 79.8 Å². The molecule has 1 aliphatic carbocycles. The molecule has 236 valence electrons. The Balaban J connectivity index is 1.15. The van der Waals surface area contributed by atoms with Gasteiger partial charge in [0.2, 0.25) is 0 Å². The minimum atomic E-state index is -0.323. The highest BCUT2D eigenvalue weighted by atomic mass is 16.3. The number of carbonyl (C=O) groups is 2. The number of carbonyl (C=O) groups excluding carboxylic acids is 2. The van der Waals surface area contributed by atoms with E-state index in [2.05, 4.69) is 34.4 Å². The molecule has 46 heavy (non-hydrogen) atoms. The van der Waals surface area contributed by atoms with Crippen LogP contribution in [0.2, 0.25) is 0 Å². The number of aliphatic hydroxyl groups is 1. The number of likely N-dealkylation sites (N-methyl/N-ethyl adjacent to an activating group) is 1. The van der Waals surface area contributed by atoms with Crippen LogP contribution >= 0.6 is 0 Å². The first kappa shape index (κ1) is 29.9. The summed E-state index contributed by atoms with van der Waals surface area (Å²) < 4.78 is 1.45. The third kappa shape index (κ3) is 5.70. The summed E-state index contributed by atoms with van der Waals surface area (Å²) in [5.41, 5.74) is 6.31. The number of fused-ring (bicyclic) bond motifs is 1. The third-order valence-corrected chi connectivity index (χ3v) is 9.39. The fourth-order valence-electron chi connectivity index (χ4n) is 6.48. The van der Waals surface area contributed by atoms with Crippen LogP contribution in [0.15, 0.2) is 71.7 Å². The Kier molecular flexibility index (Phi) is 7.92. The van der Waals surface area contributed by atoms with Gasteiger partial charge < -0.3 is 29.7 Å². The highest BCUT2D eigenvalue weighted by molar-refractivity contribution is 6.09. The molecule has 2 amide bonds. The van der Waals surface area contributed by atoms with Crippen molar-refractivity contribution < 1.29 is 14.7 Å². The van der Waals surface area contributed by atoms with E-state index in [1.165, 1.54) is 23.0 Å². The summed E-state index contributed by atoms with van der Waals surface area (Å²) in [5.74, 6) is 0.647. The average molecular weight is 619 g/mol. The molecular weight excluding hydrogens is 580 g/mol. The second-order valence-electron chi connectivity index (χ2n) is 12.5. The zero-order valence-electron chi connectivity index (χ0n) is 26.2. The van der Waals surface area contributed by atoms with E-state index >= 15 is 0 Å². The molecule has 4 aromatic rings. The van der Waals surface area contributed by atoms with Crippen LogP contribution in [0.25, 0.3) is 11.3 Å². The fourth-order valence-corrected chi connectivity index (χ4v) is 6.48. The minimum absolute atomic E-state index is 0.00853. The Morgan fingerprint density at radius 1 is 0.935 bits per heavy atom. The third-order valence-electron chi connectivity index (χ3n) is 9.39. The molecule has 0 radical (unpaired) electrons. The zero-order chi connectivity index (χ0) is 31.9. The normalized spacial score (nSPS) is 16.8. The maximum atomic E-state index is 13.7. The second-order valence-corrected chi connectivity index (χ2v) is 12.5. The van der Waals surface area contributed by atoms with Crippen molar-refractivity contribution in [1.29, 1.82) is 0 Å². The van der Waals surface area contributed by atoms with Crippen LogP contribution in [0.5, 0.6) is 0 Å². The molecule has 0 atom stereocenters. The molecule has 3 aromatic carbocycles. The van der Waals surface area contributed by atoms with Crippen molar-refractivity contribution in [2.24, 2.45) is 7.05 Å². The van der Waals surface area contributed by atoms with E-state index in [9.17, 15) is 19.5 Å². The van der Waals surface area contributed by atoms with Gasteiger partial charge in [0.1, 0.15) is 0 Å². The number of benzene rings is 3. The van der Waals surface area contributed by atoms with Crippen LogP contribution < -0.4 is 15.8 Å². The smallest absolute Gasteiger partial charge is 0.293 e. The molecule has 1 saturated carbocycles. The molecule has 1 saturated heterocycles. The minimum Gasteiger partial charge on any atom is -0.392 e. The highest BCUT2D eigenvalue weighted by Crippen LogP contribution is 2.41. The van der Waals surface area contributed by atoms with Gasteiger partial charge in [-0.2, -0.15) is 0 Å². The molecule has 7 rings (SSSR count). The van der Waals surface area contributed by atoms with E-state index in [1.54, 1.807) is 42.4 Å². The first-order valence-electron chi connectivity index (χ1n) is 15.9. The van der Waals surface area contributed by atoms with Crippen molar-refractivity contribution in [3.63, 3.8) is 0 Å². The topological polar surface area (TPSA) is 111 Å². The monoisotopic (exact) mass is 618 g/mol. The molecule has 10 heteroatoms. The average Bonchev–Trinajstić information content (AvgIpc) is 3.93. The number of aliphatic hydroxyl groups excluding tert-OH is 1. The van der Waals surface area contributed by atoms with Gasteiger partial charge in [0.25, 0.3) is 17.4 Å². The number of hydrogen-bond donors (Lipinski definition) is 2. The van der Waals surface area contributed by atoms with E-state index in [-0.39, 0.29) is 29.8 Å². The standard InChI is InChI=1S/C36H38N6O4/c1-39-16-18-41(19-17-39)34(44)24-8-11-27(12-9-24)37-33-36(46)40(2)21-31(38-33)29-4-3-5-32(30(29)22-43)42-15-14-26-20-25(23-6-7-23)10-13-28(26)35(42)45/h3-5,8-13,20-21,23,43H,6-7,14-19,22H2,1-2H3,(H,37,38). The highest BCUT2D eigenvalue weighted by Gasteiger charge is 2.30. The van der Waals surface area contributed by atoms with Crippen molar-refractivity contribution in [3.8, 4) is 11.3 Å². The molecule has 2 N–H and O–H groups in total. The van der Waals surface area contributed by atoms with E-state index in [0.717, 1.165) is 25.1 Å². The van der Waals surface area contributed by atoms with Crippen LogP contribution in [0.4, 0.5) is 17.2 Å². The van der Waals surface area contributed by atoms with E-state index in [1.807, 2.05) is 29.2 Å². The maximum absolute atomic E-state index is 13.7. The Morgan fingerprint density at radius 3 is 2.41 bits per heavy atom. The first-order chi connectivity index (χ1) is 22.3. The number of aryl methyl sites for hydroxylation is 1. The number of amides is 2. The molecule has 10 nitrogen and oxygen atoms in total. The summed E-state index contributed by atoms with van der Waals surface area (Å²) >= 11 is 0. The summed E-state index contributed by atoms with van der Waals surface area (Å²) in [7, 11) is 3.70. The van der Waals surface area contributed by atoms with Crippen LogP contribution in [0, 0.1) is 0 Å². The van der Waals surface area contributed by atoms with Crippen molar-refractivity contribution in [3.05, 3.63) is 105 Å². The molecule has 2 fully saturated rings. The van der Waals surface area contributed by atoms with Gasteiger partial charge in [0.05, 0.1) is 18.0 Å².